The summed E-state index contributed by atoms with van der Waals surface area (Å²) in [6.45, 7) is 7.59. The van der Waals surface area contributed by atoms with Gasteiger partial charge in [0.1, 0.15) is 5.75 Å². The van der Waals surface area contributed by atoms with Crippen molar-refractivity contribution in [2.45, 2.75) is 20.8 Å². The first-order chi connectivity index (χ1) is 8.60. The van der Waals surface area contributed by atoms with Crippen LogP contribution in [-0.2, 0) is 0 Å². The average molecular weight is 265 g/mol. The highest BCUT2D eigenvalue weighted by Crippen LogP contribution is 2.16. The topological polar surface area (TPSA) is 47.9 Å². The number of para-hydroxylation sites is 1. The number of hydrazone groups is 1. The summed E-state index contributed by atoms with van der Waals surface area (Å²) in [5.74, 6) is 0.217. The van der Waals surface area contributed by atoms with Crippen LogP contribution in [0.15, 0.2) is 29.4 Å². The number of nitrogens with one attached hydrogen (secondary N) is 1. The molecular weight excluding hydrogens is 246 g/mol. The van der Waals surface area contributed by atoms with Crippen molar-refractivity contribution in [2.24, 2.45) is 5.10 Å². The third-order valence-electron chi connectivity index (χ3n) is 2.66. The number of rotatable bonds is 4. The van der Waals surface area contributed by atoms with E-state index in [-0.39, 0.29) is 5.75 Å². The summed E-state index contributed by atoms with van der Waals surface area (Å²) >= 11 is 5.22. The van der Waals surface area contributed by atoms with Crippen LogP contribution >= 0.6 is 12.2 Å². The third kappa shape index (κ3) is 3.70. The summed E-state index contributed by atoms with van der Waals surface area (Å²) < 4.78 is 0. The average Bonchev–Trinajstić information content (AvgIpc) is 2.38. The first-order valence-electron chi connectivity index (χ1n) is 5.97. The van der Waals surface area contributed by atoms with Gasteiger partial charge in [-0.05, 0) is 45.1 Å². The van der Waals surface area contributed by atoms with Crippen molar-refractivity contribution < 1.29 is 5.11 Å². The van der Waals surface area contributed by atoms with Gasteiger partial charge in [-0.15, -0.1) is 0 Å². The molecule has 0 unspecified atom stereocenters. The van der Waals surface area contributed by atoms with Gasteiger partial charge in [0.15, 0.2) is 5.11 Å². The summed E-state index contributed by atoms with van der Waals surface area (Å²) in [5, 5.41) is 14.5. The SMILES string of the molecule is CCN(CC)C(=S)NN=C(C)c1ccccc1O. The Morgan fingerprint density at radius 2 is 1.94 bits per heavy atom. The second-order valence-electron chi connectivity index (χ2n) is 3.80. The van der Waals surface area contributed by atoms with E-state index >= 15 is 0 Å². The summed E-state index contributed by atoms with van der Waals surface area (Å²) in [5.41, 5.74) is 4.24. The van der Waals surface area contributed by atoms with Gasteiger partial charge in [0, 0.05) is 18.7 Å². The second kappa shape index (κ2) is 6.96. The van der Waals surface area contributed by atoms with Gasteiger partial charge in [0.2, 0.25) is 0 Å². The Morgan fingerprint density at radius 1 is 1.33 bits per heavy atom. The molecule has 1 aromatic carbocycles. The number of hydrogen-bond donors (Lipinski definition) is 2. The monoisotopic (exact) mass is 265 g/mol. The molecule has 0 heterocycles. The van der Waals surface area contributed by atoms with E-state index in [0.717, 1.165) is 13.1 Å². The van der Waals surface area contributed by atoms with Gasteiger partial charge in [-0.25, -0.2) is 0 Å². The highest BCUT2D eigenvalue weighted by Gasteiger charge is 2.05. The van der Waals surface area contributed by atoms with Crippen LogP contribution in [0.4, 0.5) is 0 Å². The summed E-state index contributed by atoms with van der Waals surface area (Å²) in [4.78, 5) is 2.00. The molecule has 0 radical (unpaired) electrons. The highest BCUT2D eigenvalue weighted by atomic mass is 32.1. The van der Waals surface area contributed by atoms with E-state index in [1.54, 1.807) is 12.1 Å². The number of thiocarbonyl (C=S) groups is 1. The number of benzene rings is 1. The molecule has 98 valence electrons. The van der Waals surface area contributed by atoms with Crippen LogP contribution in [0.1, 0.15) is 26.3 Å². The maximum atomic E-state index is 9.70. The molecule has 1 aromatic rings. The van der Waals surface area contributed by atoms with Crippen molar-refractivity contribution in [3.8, 4) is 5.75 Å². The van der Waals surface area contributed by atoms with Crippen molar-refractivity contribution in [2.75, 3.05) is 13.1 Å². The van der Waals surface area contributed by atoms with E-state index < -0.39 is 0 Å². The number of hydrogen-bond acceptors (Lipinski definition) is 3. The summed E-state index contributed by atoms with van der Waals surface area (Å²) in [7, 11) is 0. The zero-order chi connectivity index (χ0) is 13.5. The zero-order valence-electron chi connectivity index (χ0n) is 11.0. The van der Waals surface area contributed by atoms with Crippen LogP contribution in [-0.4, -0.2) is 33.9 Å². The molecule has 0 amide bonds. The zero-order valence-corrected chi connectivity index (χ0v) is 11.8. The third-order valence-corrected chi connectivity index (χ3v) is 3.01. The lowest BCUT2D eigenvalue weighted by atomic mass is 10.1. The number of nitrogens with zero attached hydrogens (tertiary/aromatic N) is 2. The highest BCUT2D eigenvalue weighted by molar-refractivity contribution is 7.80. The smallest absolute Gasteiger partial charge is 0.189 e. The maximum Gasteiger partial charge on any atom is 0.189 e. The molecular formula is C13H19N3OS. The van der Waals surface area contributed by atoms with Crippen LogP contribution in [0.25, 0.3) is 0 Å². The van der Waals surface area contributed by atoms with E-state index in [0.29, 0.717) is 16.4 Å². The Balaban J connectivity index is 2.74. The summed E-state index contributed by atoms with van der Waals surface area (Å²) in [6, 6.07) is 7.09. The second-order valence-corrected chi connectivity index (χ2v) is 4.19. The first kappa shape index (κ1) is 14.4. The van der Waals surface area contributed by atoms with Gasteiger partial charge in [-0.3, -0.25) is 5.43 Å². The van der Waals surface area contributed by atoms with Gasteiger partial charge in [-0.1, -0.05) is 12.1 Å². The van der Waals surface area contributed by atoms with E-state index in [1.807, 2.05) is 37.8 Å². The molecule has 0 fully saturated rings. The van der Waals surface area contributed by atoms with Gasteiger partial charge in [0.05, 0.1) is 5.71 Å². The predicted octanol–water partition coefficient (Wildman–Crippen LogP) is 2.33. The fraction of sp³-hybridized carbons (Fsp3) is 0.385. The van der Waals surface area contributed by atoms with Crippen molar-refractivity contribution >= 4 is 23.0 Å². The molecule has 18 heavy (non-hydrogen) atoms. The van der Waals surface area contributed by atoms with Crippen molar-refractivity contribution in [3.05, 3.63) is 29.8 Å². The molecule has 0 atom stereocenters. The number of phenols is 1. The van der Waals surface area contributed by atoms with Gasteiger partial charge < -0.3 is 10.0 Å². The minimum Gasteiger partial charge on any atom is -0.507 e. The lowest BCUT2D eigenvalue weighted by molar-refractivity contribution is 0.457. The van der Waals surface area contributed by atoms with Gasteiger partial charge >= 0.3 is 0 Å². The molecule has 2 N–H and O–H groups in total. The Labute approximate surface area is 113 Å². The van der Waals surface area contributed by atoms with E-state index in [2.05, 4.69) is 10.5 Å². The molecule has 0 aliphatic rings. The molecule has 4 nitrogen and oxygen atoms in total. The quantitative estimate of drug-likeness (QED) is 0.498. The Kier molecular flexibility index (Phi) is 5.58. The minimum absolute atomic E-state index is 0.217. The number of aromatic hydroxyl groups is 1. The fourth-order valence-corrected chi connectivity index (χ4v) is 1.86. The molecule has 0 aliphatic heterocycles. The van der Waals surface area contributed by atoms with Crippen molar-refractivity contribution in [1.29, 1.82) is 0 Å². The fourth-order valence-electron chi connectivity index (χ4n) is 1.55. The van der Waals surface area contributed by atoms with Crippen LogP contribution in [0.2, 0.25) is 0 Å². The number of phenolic OH excluding ortho intramolecular Hbond substituents is 1. The van der Waals surface area contributed by atoms with Gasteiger partial charge in [-0.2, -0.15) is 5.10 Å². The summed E-state index contributed by atoms with van der Waals surface area (Å²) in [6.07, 6.45) is 0. The Morgan fingerprint density at radius 3 is 2.50 bits per heavy atom. The molecule has 0 bridgehead atoms. The lowest BCUT2D eigenvalue weighted by Gasteiger charge is -2.20. The standard InChI is InChI=1S/C13H19N3OS/c1-4-16(5-2)13(18)15-14-10(3)11-8-6-7-9-12(11)17/h6-9,17H,4-5H2,1-3H3,(H,15,18). The van der Waals surface area contributed by atoms with Crippen LogP contribution in [0.5, 0.6) is 5.75 Å². The lowest BCUT2D eigenvalue weighted by Crippen LogP contribution is -2.37. The van der Waals surface area contributed by atoms with Crippen molar-refractivity contribution in [1.82, 2.24) is 10.3 Å². The minimum atomic E-state index is 0.217. The van der Waals surface area contributed by atoms with Crippen LogP contribution in [0, 0.1) is 0 Å². The van der Waals surface area contributed by atoms with E-state index in [4.69, 9.17) is 12.2 Å². The molecule has 0 aromatic heterocycles. The largest absolute Gasteiger partial charge is 0.507 e. The molecule has 5 heteroatoms. The molecule has 0 spiro atoms. The van der Waals surface area contributed by atoms with E-state index in [9.17, 15) is 5.11 Å². The maximum absolute atomic E-state index is 9.70. The molecule has 0 saturated heterocycles. The molecule has 1 rings (SSSR count). The normalized spacial score (nSPS) is 11.2. The van der Waals surface area contributed by atoms with Crippen LogP contribution < -0.4 is 5.43 Å². The molecule has 0 aliphatic carbocycles. The Hall–Kier alpha value is -1.62. The van der Waals surface area contributed by atoms with Crippen LogP contribution in [0.3, 0.4) is 0 Å². The Bertz CT molecular complexity index is 442. The van der Waals surface area contributed by atoms with E-state index in [1.165, 1.54) is 0 Å². The predicted molar refractivity (Wildman–Crippen MR) is 79.0 cm³/mol. The van der Waals surface area contributed by atoms with Crippen molar-refractivity contribution in [3.63, 3.8) is 0 Å². The first-order valence-corrected chi connectivity index (χ1v) is 6.38. The van der Waals surface area contributed by atoms with Gasteiger partial charge in [0.25, 0.3) is 0 Å². The molecule has 0 saturated carbocycles.